The van der Waals surface area contributed by atoms with Gasteiger partial charge < -0.3 is 9.47 Å². The summed E-state index contributed by atoms with van der Waals surface area (Å²) in [5.41, 5.74) is 0.694. The Labute approximate surface area is 119 Å². The van der Waals surface area contributed by atoms with Gasteiger partial charge in [0.2, 0.25) is 10.0 Å². The van der Waals surface area contributed by atoms with E-state index in [1.54, 1.807) is 19.9 Å². The van der Waals surface area contributed by atoms with Gasteiger partial charge in [-0.05, 0) is 44.5 Å². The molecule has 0 spiro atoms. The third-order valence-electron chi connectivity index (χ3n) is 2.65. The summed E-state index contributed by atoms with van der Waals surface area (Å²) in [5, 5.41) is 0. The number of nitrogens with one attached hydrogen (secondary N) is 1. The predicted molar refractivity (Wildman–Crippen MR) is 74.1 cm³/mol. The Morgan fingerprint density at radius 3 is 2.55 bits per heavy atom. The summed E-state index contributed by atoms with van der Waals surface area (Å²) < 4.78 is 36.4. The number of esters is 1. The van der Waals surface area contributed by atoms with Crippen LogP contribution >= 0.6 is 0 Å². The Hall–Kier alpha value is -1.60. The molecule has 1 atom stereocenters. The molecule has 0 saturated carbocycles. The number of rotatable bonds is 6. The monoisotopic (exact) mass is 301 g/mol. The van der Waals surface area contributed by atoms with E-state index in [-0.39, 0.29) is 11.5 Å². The average molecular weight is 301 g/mol. The summed E-state index contributed by atoms with van der Waals surface area (Å²) in [4.78, 5) is 11.5. The maximum Gasteiger partial charge on any atom is 0.323 e. The number of hydrogen-bond donors (Lipinski definition) is 1. The minimum absolute atomic E-state index is 0.0759. The molecule has 6 nitrogen and oxygen atoms in total. The summed E-state index contributed by atoms with van der Waals surface area (Å²) in [6.45, 7) is 5.04. The molecule has 0 aliphatic heterocycles. The van der Waals surface area contributed by atoms with E-state index in [9.17, 15) is 13.2 Å². The lowest BCUT2D eigenvalue weighted by atomic mass is 10.2. The quantitative estimate of drug-likeness (QED) is 0.799. The minimum atomic E-state index is -3.78. The second-order valence-corrected chi connectivity index (χ2v) is 5.94. The summed E-state index contributed by atoms with van der Waals surface area (Å²) in [7, 11) is -2.27. The third kappa shape index (κ3) is 3.94. The van der Waals surface area contributed by atoms with E-state index >= 15 is 0 Å². The summed E-state index contributed by atoms with van der Waals surface area (Å²) in [6.07, 6.45) is 0. The van der Waals surface area contributed by atoms with Crippen LogP contribution in [0.3, 0.4) is 0 Å². The number of carbonyl (C=O) groups is 1. The van der Waals surface area contributed by atoms with Gasteiger partial charge in [0.15, 0.2) is 0 Å². The van der Waals surface area contributed by atoms with Crippen molar-refractivity contribution in [2.45, 2.75) is 31.7 Å². The lowest BCUT2D eigenvalue weighted by molar-refractivity contribution is -0.144. The molecule has 0 heterocycles. The minimum Gasteiger partial charge on any atom is -0.496 e. The smallest absolute Gasteiger partial charge is 0.323 e. The first kappa shape index (κ1) is 16.5. The first-order chi connectivity index (χ1) is 9.31. The van der Waals surface area contributed by atoms with Gasteiger partial charge in [-0.3, -0.25) is 4.79 Å². The van der Waals surface area contributed by atoms with Crippen LogP contribution in [-0.4, -0.2) is 34.1 Å². The van der Waals surface area contributed by atoms with Gasteiger partial charge in [0.1, 0.15) is 11.8 Å². The number of ether oxygens (including phenoxy) is 2. The fraction of sp³-hybridized carbons (Fsp3) is 0.462. The van der Waals surface area contributed by atoms with Gasteiger partial charge in [0.25, 0.3) is 0 Å². The normalized spacial score (nSPS) is 12.8. The fourth-order valence-corrected chi connectivity index (χ4v) is 2.91. The Bertz CT molecular complexity index is 582. The van der Waals surface area contributed by atoms with Crippen LogP contribution in [-0.2, 0) is 19.6 Å². The van der Waals surface area contributed by atoms with Crippen molar-refractivity contribution in [3.05, 3.63) is 23.8 Å². The Balaban J connectivity index is 2.94. The molecule has 0 saturated heterocycles. The molecule has 0 fully saturated rings. The molecule has 0 amide bonds. The fourth-order valence-electron chi connectivity index (χ4n) is 1.63. The van der Waals surface area contributed by atoms with Crippen LogP contribution in [0.1, 0.15) is 19.4 Å². The van der Waals surface area contributed by atoms with Crippen LogP contribution in [0.5, 0.6) is 5.75 Å². The van der Waals surface area contributed by atoms with E-state index in [1.165, 1.54) is 26.2 Å². The standard InChI is InChI=1S/C13H19NO5S/c1-5-19-13(15)10(3)14-20(16,17)11-6-7-12(18-4)9(2)8-11/h6-8,10,14H,5H2,1-4H3. The molecular formula is C13H19NO5S. The number of hydrogen-bond acceptors (Lipinski definition) is 5. The highest BCUT2D eigenvalue weighted by molar-refractivity contribution is 7.89. The number of carbonyl (C=O) groups excluding carboxylic acids is 1. The van der Waals surface area contributed by atoms with Crippen LogP contribution in [0.25, 0.3) is 0 Å². The van der Waals surface area contributed by atoms with Crippen molar-refractivity contribution in [1.29, 1.82) is 0 Å². The van der Waals surface area contributed by atoms with Crippen molar-refractivity contribution in [2.24, 2.45) is 0 Å². The Morgan fingerprint density at radius 2 is 2.05 bits per heavy atom. The number of benzene rings is 1. The Kier molecular flexibility index (Phi) is 5.52. The Morgan fingerprint density at radius 1 is 1.40 bits per heavy atom. The van der Waals surface area contributed by atoms with Crippen LogP contribution in [0.2, 0.25) is 0 Å². The molecular weight excluding hydrogens is 282 g/mol. The lowest BCUT2D eigenvalue weighted by Crippen LogP contribution is -2.39. The molecule has 1 aromatic carbocycles. The molecule has 20 heavy (non-hydrogen) atoms. The maximum atomic E-state index is 12.1. The van der Waals surface area contributed by atoms with Crippen molar-refractivity contribution < 1.29 is 22.7 Å². The number of sulfonamides is 1. The predicted octanol–water partition coefficient (Wildman–Crippen LogP) is 1.23. The second kappa shape index (κ2) is 6.71. The van der Waals surface area contributed by atoms with E-state index in [0.717, 1.165) is 0 Å². The van der Waals surface area contributed by atoms with E-state index in [1.807, 2.05) is 0 Å². The van der Waals surface area contributed by atoms with Crippen LogP contribution < -0.4 is 9.46 Å². The van der Waals surface area contributed by atoms with Gasteiger partial charge in [-0.25, -0.2) is 8.42 Å². The first-order valence-electron chi connectivity index (χ1n) is 6.15. The van der Waals surface area contributed by atoms with Gasteiger partial charge in [0, 0.05) is 0 Å². The second-order valence-electron chi connectivity index (χ2n) is 4.23. The molecule has 0 radical (unpaired) electrons. The zero-order valence-corrected chi connectivity index (χ0v) is 12.8. The maximum absolute atomic E-state index is 12.1. The van der Waals surface area contributed by atoms with E-state index in [0.29, 0.717) is 11.3 Å². The summed E-state index contributed by atoms with van der Waals surface area (Å²) in [5.74, 6) is -0.0105. The van der Waals surface area contributed by atoms with E-state index in [2.05, 4.69) is 4.72 Å². The molecule has 112 valence electrons. The molecule has 0 aliphatic rings. The molecule has 0 bridgehead atoms. The molecule has 1 rings (SSSR count). The molecule has 1 N–H and O–H groups in total. The van der Waals surface area contributed by atoms with Crippen LogP contribution in [0, 0.1) is 6.92 Å². The highest BCUT2D eigenvalue weighted by Crippen LogP contribution is 2.21. The van der Waals surface area contributed by atoms with Gasteiger partial charge >= 0.3 is 5.97 Å². The molecule has 0 aromatic heterocycles. The van der Waals surface area contributed by atoms with Crippen molar-refractivity contribution in [2.75, 3.05) is 13.7 Å². The third-order valence-corrected chi connectivity index (χ3v) is 4.19. The largest absolute Gasteiger partial charge is 0.496 e. The van der Waals surface area contributed by atoms with Gasteiger partial charge in [-0.15, -0.1) is 0 Å². The average Bonchev–Trinajstić information content (AvgIpc) is 2.38. The molecule has 7 heteroatoms. The molecule has 1 unspecified atom stereocenters. The molecule has 1 aromatic rings. The topological polar surface area (TPSA) is 81.7 Å². The zero-order chi connectivity index (χ0) is 15.3. The zero-order valence-electron chi connectivity index (χ0n) is 12.0. The van der Waals surface area contributed by atoms with Gasteiger partial charge in [-0.2, -0.15) is 4.72 Å². The highest BCUT2D eigenvalue weighted by atomic mass is 32.2. The van der Waals surface area contributed by atoms with Crippen LogP contribution in [0.15, 0.2) is 23.1 Å². The van der Waals surface area contributed by atoms with Gasteiger partial charge in [0.05, 0.1) is 18.6 Å². The van der Waals surface area contributed by atoms with Crippen molar-refractivity contribution in [1.82, 2.24) is 4.72 Å². The van der Waals surface area contributed by atoms with Gasteiger partial charge in [-0.1, -0.05) is 0 Å². The SMILES string of the molecule is CCOC(=O)C(C)NS(=O)(=O)c1ccc(OC)c(C)c1. The van der Waals surface area contributed by atoms with Crippen molar-refractivity contribution >= 4 is 16.0 Å². The number of methoxy groups -OCH3 is 1. The molecule has 0 aliphatic carbocycles. The first-order valence-corrected chi connectivity index (χ1v) is 7.63. The lowest BCUT2D eigenvalue weighted by Gasteiger charge is -2.14. The van der Waals surface area contributed by atoms with Crippen LogP contribution in [0.4, 0.5) is 0 Å². The highest BCUT2D eigenvalue weighted by Gasteiger charge is 2.23. The number of aryl methyl sites for hydroxylation is 1. The summed E-state index contributed by atoms with van der Waals surface area (Å²) in [6, 6.07) is 3.53. The van der Waals surface area contributed by atoms with Crippen molar-refractivity contribution in [3.63, 3.8) is 0 Å². The van der Waals surface area contributed by atoms with E-state index < -0.39 is 22.0 Å². The summed E-state index contributed by atoms with van der Waals surface area (Å²) >= 11 is 0. The van der Waals surface area contributed by atoms with E-state index in [4.69, 9.17) is 9.47 Å². The van der Waals surface area contributed by atoms with Crippen molar-refractivity contribution in [3.8, 4) is 5.75 Å².